The molecule has 0 aliphatic heterocycles. The summed E-state index contributed by atoms with van der Waals surface area (Å²) in [6.45, 7) is 0. The lowest BCUT2D eigenvalue weighted by atomic mass is 10.1. The Morgan fingerprint density at radius 1 is 1.04 bits per heavy atom. The third kappa shape index (κ3) is 2.88. The van der Waals surface area contributed by atoms with Crippen molar-refractivity contribution in [2.24, 2.45) is 7.05 Å². The zero-order chi connectivity index (χ0) is 19.1. The molecule has 0 aliphatic rings. The maximum absolute atomic E-state index is 14.2. The van der Waals surface area contributed by atoms with Gasteiger partial charge in [0, 0.05) is 19.2 Å². The number of halogens is 3. The molecule has 0 saturated carbocycles. The lowest BCUT2D eigenvalue weighted by Crippen LogP contribution is -2.20. The zero-order valence-electron chi connectivity index (χ0n) is 14.2. The van der Waals surface area contributed by atoms with E-state index in [0.717, 1.165) is 6.07 Å². The molecule has 0 aliphatic carbocycles. The average molecular weight is 370 g/mol. The molecule has 27 heavy (non-hydrogen) atoms. The number of imidazole rings is 1. The van der Waals surface area contributed by atoms with Crippen LogP contribution in [0.5, 0.6) is 0 Å². The van der Waals surface area contributed by atoms with Gasteiger partial charge in [-0.2, -0.15) is 4.98 Å². The van der Waals surface area contributed by atoms with Crippen LogP contribution in [0.15, 0.2) is 53.6 Å². The summed E-state index contributed by atoms with van der Waals surface area (Å²) in [7, 11) is 1.70. The van der Waals surface area contributed by atoms with Crippen LogP contribution >= 0.6 is 0 Å². The molecule has 0 atom stereocenters. The van der Waals surface area contributed by atoms with Crippen molar-refractivity contribution in [1.29, 1.82) is 0 Å². The van der Waals surface area contributed by atoms with E-state index in [1.807, 2.05) is 0 Å². The molecular weight excluding hydrogens is 357 g/mol. The second-order valence-electron chi connectivity index (χ2n) is 6.06. The molecule has 0 fully saturated rings. The van der Waals surface area contributed by atoms with E-state index >= 15 is 0 Å². The van der Waals surface area contributed by atoms with Crippen molar-refractivity contribution in [3.8, 4) is 5.69 Å². The van der Waals surface area contributed by atoms with Crippen molar-refractivity contribution in [3.05, 3.63) is 88.0 Å². The van der Waals surface area contributed by atoms with Crippen molar-refractivity contribution < 1.29 is 13.2 Å². The molecule has 0 amide bonds. The predicted molar refractivity (Wildman–Crippen MR) is 93.2 cm³/mol. The van der Waals surface area contributed by atoms with Crippen LogP contribution in [0, 0.1) is 17.5 Å². The molecular formula is C19H13F3N4O. The molecule has 4 aromatic rings. The van der Waals surface area contributed by atoms with Gasteiger partial charge in [-0.1, -0.05) is 12.1 Å². The summed E-state index contributed by atoms with van der Waals surface area (Å²) < 4.78 is 44.3. The fourth-order valence-electron chi connectivity index (χ4n) is 3.02. The van der Waals surface area contributed by atoms with E-state index in [0.29, 0.717) is 11.3 Å². The highest BCUT2D eigenvalue weighted by Crippen LogP contribution is 2.21. The van der Waals surface area contributed by atoms with Gasteiger partial charge in [0.2, 0.25) is 0 Å². The maximum Gasteiger partial charge on any atom is 0.301 e. The van der Waals surface area contributed by atoms with Crippen molar-refractivity contribution in [2.45, 2.75) is 6.42 Å². The van der Waals surface area contributed by atoms with E-state index in [9.17, 15) is 18.0 Å². The fraction of sp³-hybridized carbons (Fsp3) is 0.105. The van der Waals surface area contributed by atoms with Crippen LogP contribution in [-0.2, 0) is 13.5 Å². The highest BCUT2D eigenvalue weighted by Gasteiger charge is 2.18. The third-order valence-corrected chi connectivity index (χ3v) is 4.27. The second-order valence-corrected chi connectivity index (χ2v) is 6.06. The molecule has 2 aromatic heterocycles. The first kappa shape index (κ1) is 17.0. The molecule has 2 heterocycles. The van der Waals surface area contributed by atoms with Crippen LogP contribution in [0.2, 0.25) is 0 Å². The highest BCUT2D eigenvalue weighted by molar-refractivity contribution is 5.72. The van der Waals surface area contributed by atoms with Gasteiger partial charge in [-0.3, -0.25) is 9.36 Å². The Labute approximate surface area is 151 Å². The first-order valence-corrected chi connectivity index (χ1v) is 8.07. The number of benzene rings is 2. The van der Waals surface area contributed by atoms with Crippen LogP contribution in [0.4, 0.5) is 13.2 Å². The van der Waals surface area contributed by atoms with Gasteiger partial charge in [-0.25, -0.2) is 18.2 Å². The van der Waals surface area contributed by atoms with Crippen LogP contribution in [0.25, 0.3) is 16.9 Å². The van der Waals surface area contributed by atoms with Crippen molar-refractivity contribution in [3.63, 3.8) is 0 Å². The summed E-state index contributed by atoms with van der Waals surface area (Å²) in [5.41, 5.74) is 0.554. The molecule has 0 radical (unpaired) electrons. The lowest BCUT2D eigenvalue weighted by Gasteiger charge is -2.15. The van der Waals surface area contributed by atoms with E-state index in [-0.39, 0.29) is 23.3 Å². The van der Waals surface area contributed by atoms with E-state index < -0.39 is 23.0 Å². The normalized spacial score (nSPS) is 11.3. The standard InChI is InChI=1S/C19H13F3N4O/c1-25-10-23-17-18(27)24-15(9-11-3-2-4-14(21)16(11)22)26(19(17)25)13-7-5-12(20)6-8-13/h2-8,10H,9H2,1H3. The predicted octanol–water partition coefficient (Wildman–Crippen LogP) is 3.13. The molecule has 0 N–H and O–H groups in total. The van der Waals surface area contributed by atoms with Gasteiger partial charge < -0.3 is 4.57 Å². The van der Waals surface area contributed by atoms with E-state index in [2.05, 4.69) is 9.97 Å². The molecule has 0 spiro atoms. The number of fused-ring (bicyclic) bond motifs is 1. The quantitative estimate of drug-likeness (QED) is 0.557. The van der Waals surface area contributed by atoms with Crippen LogP contribution in [0.1, 0.15) is 11.4 Å². The van der Waals surface area contributed by atoms with Crippen molar-refractivity contribution in [1.82, 2.24) is 19.1 Å². The largest absolute Gasteiger partial charge is 0.319 e. The Morgan fingerprint density at radius 2 is 1.78 bits per heavy atom. The molecule has 8 heteroatoms. The second kappa shape index (κ2) is 6.39. The molecule has 136 valence electrons. The number of hydrogen-bond donors (Lipinski definition) is 0. The first-order chi connectivity index (χ1) is 13.0. The summed E-state index contributed by atoms with van der Waals surface area (Å²) in [5, 5.41) is 0. The fourth-order valence-corrected chi connectivity index (χ4v) is 3.02. The number of nitrogens with zero attached hydrogens (tertiary/aromatic N) is 4. The van der Waals surface area contributed by atoms with Gasteiger partial charge in [-0.05, 0) is 35.9 Å². The Morgan fingerprint density at radius 3 is 2.52 bits per heavy atom. The molecule has 2 aromatic carbocycles. The Kier molecular flexibility index (Phi) is 4.02. The smallest absolute Gasteiger partial charge is 0.301 e. The Balaban J connectivity index is 2.00. The highest BCUT2D eigenvalue weighted by atomic mass is 19.2. The summed E-state index contributed by atoms with van der Waals surface area (Å²) in [4.78, 5) is 20.5. The minimum atomic E-state index is -0.998. The average Bonchev–Trinajstić information content (AvgIpc) is 3.03. The van der Waals surface area contributed by atoms with E-state index in [1.165, 1.54) is 42.7 Å². The van der Waals surface area contributed by atoms with Crippen molar-refractivity contribution in [2.75, 3.05) is 0 Å². The minimum absolute atomic E-state index is 0.0549. The molecule has 0 bridgehead atoms. The van der Waals surface area contributed by atoms with Gasteiger partial charge in [0.1, 0.15) is 11.6 Å². The first-order valence-electron chi connectivity index (χ1n) is 8.07. The van der Waals surface area contributed by atoms with Gasteiger partial charge in [-0.15, -0.1) is 0 Å². The Bertz CT molecular complexity index is 1210. The van der Waals surface area contributed by atoms with Crippen LogP contribution in [-0.4, -0.2) is 19.1 Å². The summed E-state index contributed by atoms with van der Waals surface area (Å²) in [6, 6.07) is 9.39. The SMILES string of the molecule is Cn1cnc2c(=O)nc(Cc3cccc(F)c3F)n(-c3ccc(F)cc3)c21. The van der Waals surface area contributed by atoms with Gasteiger partial charge in [0.15, 0.2) is 22.8 Å². The third-order valence-electron chi connectivity index (χ3n) is 4.27. The topological polar surface area (TPSA) is 52.7 Å². The number of hydrogen-bond acceptors (Lipinski definition) is 3. The molecule has 0 unspecified atom stereocenters. The minimum Gasteiger partial charge on any atom is -0.319 e. The summed E-state index contributed by atoms with van der Waals surface area (Å²) in [6.07, 6.45) is 1.33. The van der Waals surface area contributed by atoms with Gasteiger partial charge >= 0.3 is 5.56 Å². The number of aromatic nitrogens is 4. The molecule has 4 rings (SSSR count). The van der Waals surface area contributed by atoms with Gasteiger partial charge in [0.05, 0.1) is 6.33 Å². The lowest BCUT2D eigenvalue weighted by molar-refractivity contribution is 0.499. The number of aryl methyl sites for hydroxylation is 1. The van der Waals surface area contributed by atoms with E-state index in [1.54, 1.807) is 16.2 Å². The summed E-state index contributed by atoms with van der Waals surface area (Å²) in [5.74, 6) is -2.22. The van der Waals surface area contributed by atoms with Crippen LogP contribution < -0.4 is 5.56 Å². The zero-order valence-corrected chi connectivity index (χ0v) is 14.2. The number of rotatable bonds is 3. The summed E-state index contributed by atoms with van der Waals surface area (Å²) >= 11 is 0. The van der Waals surface area contributed by atoms with Crippen molar-refractivity contribution >= 4 is 11.2 Å². The monoisotopic (exact) mass is 370 g/mol. The van der Waals surface area contributed by atoms with Crippen LogP contribution in [0.3, 0.4) is 0 Å². The molecule has 0 saturated heterocycles. The van der Waals surface area contributed by atoms with E-state index in [4.69, 9.17) is 0 Å². The Hall–Kier alpha value is -3.42. The van der Waals surface area contributed by atoms with Gasteiger partial charge in [0.25, 0.3) is 0 Å². The molecule has 5 nitrogen and oxygen atoms in total. The maximum atomic E-state index is 14.2.